The molecule has 0 spiro atoms. The Labute approximate surface area is 104 Å². The van der Waals surface area contributed by atoms with E-state index in [2.05, 4.69) is 35.6 Å². The molecule has 2 nitrogen and oxygen atoms in total. The summed E-state index contributed by atoms with van der Waals surface area (Å²) in [6, 6.07) is 11.4. The highest BCUT2D eigenvalue weighted by Gasteiger charge is 2.19. The van der Waals surface area contributed by atoms with Gasteiger partial charge in [0.05, 0.1) is 0 Å². The van der Waals surface area contributed by atoms with Crippen molar-refractivity contribution in [2.45, 2.75) is 38.1 Å². The van der Waals surface area contributed by atoms with Gasteiger partial charge in [0.1, 0.15) is 0 Å². The van der Waals surface area contributed by atoms with Crippen LogP contribution in [0.2, 0.25) is 0 Å². The first-order valence-corrected chi connectivity index (χ1v) is 6.80. The molecule has 17 heavy (non-hydrogen) atoms. The van der Waals surface area contributed by atoms with E-state index in [1.54, 1.807) is 0 Å². The van der Waals surface area contributed by atoms with Crippen LogP contribution in [0.4, 0.5) is 0 Å². The summed E-state index contributed by atoms with van der Waals surface area (Å²) in [5.74, 6) is 0. The summed E-state index contributed by atoms with van der Waals surface area (Å²) in [6.45, 7) is 2.90. The molecule has 2 heteroatoms. The normalized spacial score (nSPS) is 15.1. The van der Waals surface area contributed by atoms with Crippen LogP contribution in [-0.4, -0.2) is 25.8 Å². The third kappa shape index (κ3) is 5.85. The summed E-state index contributed by atoms with van der Waals surface area (Å²) < 4.78 is 5.62. The summed E-state index contributed by atoms with van der Waals surface area (Å²) in [5.41, 5.74) is 1.41. The number of ether oxygens (including phenoxy) is 1. The van der Waals surface area contributed by atoms with Gasteiger partial charge in [-0.2, -0.15) is 0 Å². The summed E-state index contributed by atoms with van der Waals surface area (Å²) in [7, 11) is 0. The van der Waals surface area contributed by atoms with Crippen LogP contribution in [0.15, 0.2) is 30.3 Å². The monoisotopic (exact) mass is 233 g/mol. The van der Waals surface area contributed by atoms with E-state index in [0.29, 0.717) is 0 Å². The fourth-order valence-electron chi connectivity index (χ4n) is 1.89. The van der Waals surface area contributed by atoms with Crippen molar-refractivity contribution in [1.29, 1.82) is 0 Å². The molecule has 1 saturated carbocycles. The van der Waals surface area contributed by atoms with Crippen molar-refractivity contribution in [2.75, 3.05) is 19.8 Å². The molecular weight excluding hydrogens is 210 g/mol. The number of rotatable bonds is 9. The molecule has 1 N–H and O–H groups in total. The lowest BCUT2D eigenvalue weighted by Gasteiger charge is -2.05. The van der Waals surface area contributed by atoms with E-state index in [-0.39, 0.29) is 0 Å². The molecule has 0 radical (unpaired) electrons. The molecule has 2 rings (SSSR count). The zero-order chi connectivity index (χ0) is 11.8. The van der Waals surface area contributed by atoms with E-state index in [1.807, 2.05) is 0 Å². The predicted octanol–water partition coefficient (Wildman–Crippen LogP) is 2.78. The number of hydrogen-bond acceptors (Lipinski definition) is 2. The lowest BCUT2D eigenvalue weighted by atomic mass is 10.1. The maximum atomic E-state index is 5.62. The van der Waals surface area contributed by atoms with Crippen molar-refractivity contribution in [3.8, 4) is 0 Å². The van der Waals surface area contributed by atoms with Crippen LogP contribution in [-0.2, 0) is 11.2 Å². The lowest BCUT2D eigenvalue weighted by Crippen LogP contribution is -2.18. The van der Waals surface area contributed by atoms with Crippen molar-refractivity contribution < 1.29 is 4.74 Å². The van der Waals surface area contributed by atoms with E-state index < -0.39 is 0 Å². The van der Waals surface area contributed by atoms with Crippen molar-refractivity contribution in [2.24, 2.45) is 0 Å². The molecule has 0 aromatic heterocycles. The smallest absolute Gasteiger partial charge is 0.0478 e. The van der Waals surface area contributed by atoms with E-state index in [9.17, 15) is 0 Å². The van der Waals surface area contributed by atoms with Gasteiger partial charge in [-0.25, -0.2) is 0 Å². The summed E-state index contributed by atoms with van der Waals surface area (Å²) in [6.07, 6.45) is 6.14. The topological polar surface area (TPSA) is 21.3 Å². The number of nitrogens with one attached hydrogen (secondary N) is 1. The first-order valence-electron chi connectivity index (χ1n) is 6.80. The predicted molar refractivity (Wildman–Crippen MR) is 71.2 cm³/mol. The van der Waals surface area contributed by atoms with Crippen molar-refractivity contribution in [3.05, 3.63) is 35.9 Å². The minimum absolute atomic E-state index is 0.827. The standard InChI is InChI=1S/C15H23NO/c1-2-6-14(7-3-1)8-4-12-17-13-5-11-16-15-9-10-15/h1-3,6-7,15-16H,4-5,8-13H2. The second-order valence-corrected chi connectivity index (χ2v) is 4.78. The van der Waals surface area contributed by atoms with Crippen LogP contribution in [0.5, 0.6) is 0 Å². The highest BCUT2D eigenvalue weighted by molar-refractivity contribution is 5.14. The number of hydrogen-bond donors (Lipinski definition) is 1. The molecule has 1 fully saturated rings. The third-order valence-electron chi connectivity index (χ3n) is 3.07. The van der Waals surface area contributed by atoms with Crippen LogP contribution < -0.4 is 5.32 Å². The summed E-state index contributed by atoms with van der Waals surface area (Å²) in [4.78, 5) is 0. The van der Waals surface area contributed by atoms with Gasteiger partial charge < -0.3 is 10.1 Å². The van der Waals surface area contributed by atoms with Crippen molar-refractivity contribution >= 4 is 0 Å². The summed E-state index contributed by atoms with van der Waals surface area (Å²) in [5, 5.41) is 3.49. The molecule has 0 heterocycles. The van der Waals surface area contributed by atoms with Gasteiger partial charge in [0.2, 0.25) is 0 Å². The fraction of sp³-hybridized carbons (Fsp3) is 0.600. The van der Waals surface area contributed by atoms with E-state index in [0.717, 1.165) is 45.1 Å². The Morgan fingerprint density at radius 2 is 1.82 bits per heavy atom. The average Bonchev–Trinajstić information content (AvgIpc) is 3.18. The highest BCUT2D eigenvalue weighted by atomic mass is 16.5. The molecule has 0 bridgehead atoms. The van der Waals surface area contributed by atoms with Gasteiger partial charge in [-0.05, 0) is 44.2 Å². The molecule has 94 valence electrons. The molecule has 1 aliphatic carbocycles. The van der Waals surface area contributed by atoms with Crippen molar-refractivity contribution in [3.63, 3.8) is 0 Å². The second-order valence-electron chi connectivity index (χ2n) is 4.78. The molecule has 1 aromatic carbocycles. The van der Waals surface area contributed by atoms with Gasteiger partial charge in [0.25, 0.3) is 0 Å². The molecule has 0 unspecified atom stereocenters. The van der Waals surface area contributed by atoms with Gasteiger partial charge in [0.15, 0.2) is 0 Å². The Kier molecular flexibility index (Phi) is 5.53. The largest absolute Gasteiger partial charge is 0.381 e. The van der Waals surface area contributed by atoms with Crippen LogP contribution in [0.1, 0.15) is 31.2 Å². The minimum Gasteiger partial charge on any atom is -0.381 e. The zero-order valence-corrected chi connectivity index (χ0v) is 10.5. The Bertz CT molecular complexity index is 295. The van der Waals surface area contributed by atoms with E-state index in [1.165, 1.54) is 18.4 Å². The molecule has 0 aliphatic heterocycles. The highest BCUT2D eigenvalue weighted by Crippen LogP contribution is 2.18. The van der Waals surface area contributed by atoms with E-state index >= 15 is 0 Å². The molecule has 1 aromatic rings. The Morgan fingerprint density at radius 1 is 1.06 bits per heavy atom. The quantitative estimate of drug-likeness (QED) is 0.662. The molecule has 0 amide bonds. The van der Waals surface area contributed by atoms with Gasteiger partial charge in [0, 0.05) is 19.3 Å². The molecular formula is C15H23NO. The second kappa shape index (κ2) is 7.46. The molecule has 0 atom stereocenters. The minimum atomic E-state index is 0.827. The number of aryl methyl sites for hydroxylation is 1. The van der Waals surface area contributed by atoms with Gasteiger partial charge >= 0.3 is 0 Å². The van der Waals surface area contributed by atoms with Crippen LogP contribution in [0, 0.1) is 0 Å². The molecule has 1 aliphatic rings. The van der Waals surface area contributed by atoms with Crippen LogP contribution in [0.25, 0.3) is 0 Å². The first-order chi connectivity index (χ1) is 8.45. The summed E-state index contributed by atoms with van der Waals surface area (Å²) >= 11 is 0. The maximum Gasteiger partial charge on any atom is 0.0478 e. The zero-order valence-electron chi connectivity index (χ0n) is 10.5. The fourth-order valence-corrected chi connectivity index (χ4v) is 1.89. The Hall–Kier alpha value is -0.860. The van der Waals surface area contributed by atoms with Gasteiger partial charge in [-0.1, -0.05) is 30.3 Å². The van der Waals surface area contributed by atoms with Gasteiger partial charge in [-0.15, -0.1) is 0 Å². The SMILES string of the molecule is c1ccc(CCCOCCCNC2CC2)cc1. The first kappa shape index (κ1) is 12.6. The maximum absolute atomic E-state index is 5.62. The third-order valence-corrected chi connectivity index (χ3v) is 3.07. The van der Waals surface area contributed by atoms with E-state index in [4.69, 9.17) is 4.74 Å². The average molecular weight is 233 g/mol. The van der Waals surface area contributed by atoms with Crippen molar-refractivity contribution in [1.82, 2.24) is 5.32 Å². The Morgan fingerprint density at radius 3 is 2.59 bits per heavy atom. The lowest BCUT2D eigenvalue weighted by molar-refractivity contribution is 0.129. The Balaban J connectivity index is 1.38. The molecule has 0 saturated heterocycles. The number of benzene rings is 1. The van der Waals surface area contributed by atoms with Crippen LogP contribution >= 0.6 is 0 Å². The van der Waals surface area contributed by atoms with Crippen LogP contribution in [0.3, 0.4) is 0 Å². The van der Waals surface area contributed by atoms with Gasteiger partial charge in [-0.3, -0.25) is 0 Å².